The van der Waals surface area contributed by atoms with Crippen molar-refractivity contribution < 1.29 is 18.0 Å². The number of nitrogens with zero attached hydrogens (tertiary/aromatic N) is 3. The van der Waals surface area contributed by atoms with E-state index in [0.29, 0.717) is 6.54 Å². The minimum absolute atomic E-state index is 0.124. The number of hydrogen-bond acceptors (Lipinski definition) is 3. The Morgan fingerprint density at radius 2 is 2.00 bits per heavy atom. The van der Waals surface area contributed by atoms with Crippen LogP contribution < -0.4 is 5.32 Å². The molecule has 2 aliphatic rings. The lowest BCUT2D eigenvalue weighted by atomic mass is 9.96. The maximum atomic E-state index is 13.8. The Balaban J connectivity index is 1.71. The molecule has 3 atom stereocenters. The zero-order valence-electron chi connectivity index (χ0n) is 16.3. The summed E-state index contributed by atoms with van der Waals surface area (Å²) in [6.07, 6.45) is 0.412. The summed E-state index contributed by atoms with van der Waals surface area (Å²) < 4.78 is 42.4. The largest absolute Gasteiger partial charge is 0.410 e. The quantitative estimate of drug-likeness (QED) is 0.785. The van der Waals surface area contributed by atoms with E-state index >= 15 is 0 Å². The lowest BCUT2D eigenvalue weighted by molar-refractivity contribution is -0.173. The number of fused-ring (bicyclic) bond motifs is 1. The van der Waals surface area contributed by atoms with Crippen molar-refractivity contribution in [3.63, 3.8) is 0 Å². The number of alkyl halides is 3. The number of amides is 1. The van der Waals surface area contributed by atoms with Crippen molar-refractivity contribution in [2.24, 2.45) is 0 Å². The van der Waals surface area contributed by atoms with Gasteiger partial charge in [0.2, 0.25) is 0 Å². The van der Waals surface area contributed by atoms with E-state index in [4.69, 9.17) is 0 Å². The van der Waals surface area contributed by atoms with Gasteiger partial charge in [-0.15, -0.1) is 0 Å². The van der Waals surface area contributed by atoms with Crippen LogP contribution in [0.2, 0.25) is 0 Å². The first-order valence-corrected chi connectivity index (χ1v) is 10.2. The molecular weight excluding hydrogens is 381 g/mol. The van der Waals surface area contributed by atoms with Gasteiger partial charge in [0.1, 0.15) is 11.4 Å². The second-order valence-corrected chi connectivity index (χ2v) is 7.81. The Hall–Kier alpha value is -2.51. The second kappa shape index (κ2) is 7.72. The van der Waals surface area contributed by atoms with Crippen molar-refractivity contribution in [1.82, 2.24) is 14.7 Å². The van der Waals surface area contributed by atoms with Crippen molar-refractivity contribution >= 4 is 11.7 Å². The van der Waals surface area contributed by atoms with Crippen LogP contribution >= 0.6 is 0 Å². The highest BCUT2D eigenvalue weighted by molar-refractivity contribution is 5.99. The standard InChI is InChI=1S/C21H25F3N4O/c1-2-15-10-6-7-11-27(15)20(29)16-13-25-28-18(21(22,23)24)12-17(26-19(16)28)14-8-4-3-5-9-14/h3-5,8-9,13,15,17-18,26H,2,6-7,10-12H2,1H3/t15-,17+,18+/m1/s1. The number of likely N-dealkylation sites (tertiary alicyclic amines) is 1. The van der Waals surface area contributed by atoms with Crippen LogP contribution in [0.4, 0.5) is 19.0 Å². The van der Waals surface area contributed by atoms with E-state index in [1.54, 1.807) is 29.2 Å². The van der Waals surface area contributed by atoms with Gasteiger partial charge >= 0.3 is 6.18 Å². The van der Waals surface area contributed by atoms with Gasteiger partial charge in [0.25, 0.3) is 5.91 Å². The maximum Gasteiger partial charge on any atom is 0.410 e. The Kier molecular flexibility index (Phi) is 5.27. The molecule has 1 aromatic heterocycles. The maximum absolute atomic E-state index is 13.8. The van der Waals surface area contributed by atoms with Crippen LogP contribution in [-0.4, -0.2) is 39.4 Å². The Morgan fingerprint density at radius 3 is 2.69 bits per heavy atom. The van der Waals surface area contributed by atoms with E-state index in [1.165, 1.54) is 6.20 Å². The summed E-state index contributed by atoms with van der Waals surface area (Å²) in [5.41, 5.74) is 0.984. The topological polar surface area (TPSA) is 50.2 Å². The number of piperidine rings is 1. The number of rotatable bonds is 3. The van der Waals surface area contributed by atoms with E-state index in [9.17, 15) is 18.0 Å². The molecule has 0 spiro atoms. The number of halogens is 3. The van der Waals surface area contributed by atoms with E-state index in [-0.39, 0.29) is 29.8 Å². The number of hydrogen-bond donors (Lipinski definition) is 1. The number of carbonyl (C=O) groups is 1. The van der Waals surface area contributed by atoms with Crippen LogP contribution in [-0.2, 0) is 0 Å². The van der Waals surface area contributed by atoms with Gasteiger partial charge in [-0.25, -0.2) is 4.68 Å². The molecule has 0 unspecified atom stereocenters. The molecule has 5 nitrogen and oxygen atoms in total. The van der Waals surface area contributed by atoms with Crippen LogP contribution in [0.1, 0.15) is 67.0 Å². The van der Waals surface area contributed by atoms with Gasteiger partial charge in [-0.05, 0) is 31.2 Å². The highest BCUT2D eigenvalue weighted by atomic mass is 19.4. The monoisotopic (exact) mass is 406 g/mol. The molecule has 1 N–H and O–H groups in total. The summed E-state index contributed by atoms with van der Waals surface area (Å²) in [4.78, 5) is 15.1. The molecule has 0 aliphatic carbocycles. The van der Waals surface area contributed by atoms with Crippen molar-refractivity contribution in [3.05, 3.63) is 47.7 Å². The molecule has 2 aromatic rings. The summed E-state index contributed by atoms with van der Waals surface area (Å²) in [6.45, 7) is 2.67. The van der Waals surface area contributed by atoms with Gasteiger partial charge < -0.3 is 10.2 Å². The molecular formula is C21H25F3N4O. The van der Waals surface area contributed by atoms with Crippen LogP contribution in [0.5, 0.6) is 0 Å². The lowest BCUT2D eigenvalue weighted by Gasteiger charge is -2.37. The average Bonchev–Trinajstić information content (AvgIpc) is 3.16. The molecule has 1 aromatic carbocycles. The van der Waals surface area contributed by atoms with E-state index in [2.05, 4.69) is 10.4 Å². The minimum atomic E-state index is -4.45. The van der Waals surface area contributed by atoms with Crippen molar-refractivity contribution in [2.45, 2.75) is 63.3 Å². The van der Waals surface area contributed by atoms with Crippen molar-refractivity contribution in [3.8, 4) is 0 Å². The summed E-state index contributed by atoms with van der Waals surface area (Å²) in [7, 11) is 0. The molecule has 0 bridgehead atoms. The van der Waals surface area contributed by atoms with Gasteiger partial charge in [0, 0.05) is 19.0 Å². The van der Waals surface area contributed by atoms with Gasteiger partial charge in [0.15, 0.2) is 6.04 Å². The number of benzene rings is 1. The summed E-state index contributed by atoms with van der Waals surface area (Å²) >= 11 is 0. The molecule has 2 aliphatic heterocycles. The third-order valence-corrected chi connectivity index (χ3v) is 6.03. The predicted octanol–water partition coefficient (Wildman–Crippen LogP) is 4.95. The zero-order valence-corrected chi connectivity index (χ0v) is 16.3. The highest BCUT2D eigenvalue weighted by Crippen LogP contribution is 2.44. The van der Waals surface area contributed by atoms with Gasteiger partial charge in [-0.2, -0.15) is 18.3 Å². The smallest absolute Gasteiger partial charge is 0.363 e. The van der Waals surface area contributed by atoms with Gasteiger partial charge in [0.05, 0.1) is 12.2 Å². The molecule has 156 valence electrons. The second-order valence-electron chi connectivity index (χ2n) is 7.81. The van der Waals surface area contributed by atoms with Crippen LogP contribution in [0.15, 0.2) is 36.5 Å². The number of anilines is 1. The van der Waals surface area contributed by atoms with Gasteiger partial charge in [-0.3, -0.25) is 4.79 Å². The summed E-state index contributed by atoms with van der Waals surface area (Å²) in [5.74, 6) is -0.0715. The normalized spacial score (nSPS) is 24.7. The lowest BCUT2D eigenvalue weighted by Crippen LogP contribution is -2.44. The molecule has 1 fully saturated rings. The third kappa shape index (κ3) is 3.72. The zero-order chi connectivity index (χ0) is 20.6. The number of aromatic nitrogens is 2. The van der Waals surface area contributed by atoms with Crippen molar-refractivity contribution in [1.29, 1.82) is 0 Å². The first-order chi connectivity index (χ1) is 13.9. The number of carbonyl (C=O) groups excluding carboxylic acids is 1. The van der Waals surface area contributed by atoms with Crippen LogP contribution in [0.25, 0.3) is 0 Å². The van der Waals surface area contributed by atoms with Crippen LogP contribution in [0.3, 0.4) is 0 Å². The Bertz CT molecular complexity index is 865. The molecule has 0 radical (unpaired) electrons. The van der Waals surface area contributed by atoms with Crippen LogP contribution in [0, 0.1) is 0 Å². The molecule has 8 heteroatoms. The molecule has 0 saturated carbocycles. The Morgan fingerprint density at radius 1 is 1.24 bits per heavy atom. The SMILES string of the molecule is CC[C@@H]1CCCCN1C(=O)c1cnn2c1N[C@H](c1ccccc1)C[C@H]2C(F)(F)F. The van der Waals surface area contributed by atoms with E-state index in [1.807, 2.05) is 13.0 Å². The Labute approximate surface area is 167 Å². The fourth-order valence-corrected chi connectivity index (χ4v) is 4.47. The third-order valence-electron chi connectivity index (χ3n) is 6.03. The first-order valence-electron chi connectivity index (χ1n) is 10.2. The fraction of sp³-hybridized carbons (Fsp3) is 0.524. The predicted molar refractivity (Wildman–Crippen MR) is 104 cm³/mol. The molecule has 4 rings (SSSR count). The molecule has 1 saturated heterocycles. The highest BCUT2D eigenvalue weighted by Gasteiger charge is 2.47. The van der Waals surface area contributed by atoms with Gasteiger partial charge in [-0.1, -0.05) is 37.3 Å². The molecule has 29 heavy (non-hydrogen) atoms. The van der Waals surface area contributed by atoms with E-state index in [0.717, 1.165) is 35.9 Å². The fourth-order valence-electron chi connectivity index (χ4n) is 4.47. The molecule has 1 amide bonds. The minimum Gasteiger partial charge on any atom is -0.363 e. The summed E-state index contributed by atoms with van der Waals surface area (Å²) in [5, 5.41) is 7.16. The van der Waals surface area contributed by atoms with Crippen molar-refractivity contribution in [2.75, 3.05) is 11.9 Å². The van der Waals surface area contributed by atoms with E-state index < -0.39 is 18.3 Å². The summed E-state index contributed by atoms with van der Waals surface area (Å²) in [6, 6.07) is 6.85. The average molecular weight is 406 g/mol. The number of nitrogens with one attached hydrogen (secondary N) is 1. The molecule has 3 heterocycles. The first kappa shape index (κ1) is 19.8.